The number of nitrogens with zero attached hydrogens (tertiary/aromatic N) is 1. The molecule has 0 radical (unpaired) electrons. The summed E-state index contributed by atoms with van der Waals surface area (Å²) >= 11 is 0. The number of amides is 2. The van der Waals surface area contributed by atoms with E-state index in [4.69, 9.17) is 4.74 Å². The number of hydrogen-bond donors (Lipinski definition) is 2. The van der Waals surface area contributed by atoms with Gasteiger partial charge in [-0.25, -0.2) is 0 Å². The SMILES string of the molecule is COc1ccc(NC(=O)c2cccc(NC(=O)C[n+]3ccccc3)c2)cc1.[Cl-]. The second-order valence-electron chi connectivity index (χ2n) is 5.86. The molecule has 28 heavy (non-hydrogen) atoms. The average Bonchev–Trinajstić information content (AvgIpc) is 2.69. The van der Waals surface area contributed by atoms with Gasteiger partial charge in [-0.05, 0) is 42.5 Å². The van der Waals surface area contributed by atoms with Gasteiger partial charge in [0.05, 0.1) is 7.11 Å². The Hall–Kier alpha value is -3.38. The highest BCUT2D eigenvalue weighted by molar-refractivity contribution is 6.05. The maximum Gasteiger partial charge on any atom is 0.290 e. The van der Waals surface area contributed by atoms with Crippen LogP contribution in [-0.2, 0) is 11.3 Å². The van der Waals surface area contributed by atoms with Gasteiger partial charge in [0.2, 0.25) is 6.54 Å². The van der Waals surface area contributed by atoms with Crippen LogP contribution in [-0.4, -0.2) is 18.9 Å². The minimum atomic E-state index is -0.256. The van der Waals surface area contributed by atoms with Gasteiger partial charge in [0.15, 0.2) is 12.4 Å². The molecule has 0 aliphatic carbocycles. The lowest BCUT2D eigenvalue weighted by atomic mass is 10.1. The summed E-state index contributed by atoms with van der Waals surface area (Å²) < 4.78 is 6.87. The van der Waals surface area contributed by atoms with Crippen LogP contribution >= 0.6 is 0 Å². The van der Waals surface area contributed by atoms with Crippen LogP contribution in [0.25, 0.3) is 0 Å². The normalized spacial score (nSPS) is 9.75. The number of anilines is 2. The van der Waals surface area contributed by atoms with E-state index in [1.165, 1.54) is 0 Å². The van der Waals surface area contributed by atoms with Crippen LogP contribution in [0.1, 0.15) is 10.4 Å². The highest BCUT2D eigenvalue weighted by Crippen LogP contribution is 2.17. The van der Waals surface area contributed by atoms with E-state index in [0.717, 1.165) is 0 Å². The van der Waals surface area contributed by atoms with E-state index in [-0.39, 0.29) is 30.8 Å². The predicted octanol–water partition coefficient (Wildman–Crippen LogP) is -0.122. The maximum absolute atomic E-state index is 12.4. The molecule has 0 unspecified atom stereocenters. The van der Waals surface area contributed by atoms with E-state index in [1.54, 1.807) is 60.2 Å². The van der Waals surface area contributed by atoms with Crippen molar-refractivity contribution in [2.45, 2.75) is 6.54 Å². The summed E-state index contributed by atoms with van der Waals surface area (Å²) in [5, 5.41) is 5.63. The molecule has 3 rings (SSSR count). The molecule has 7 heteroatoms. The molecule has 1 heterocycles. The average molecular weight is 398 g/mol. The fourth-order valence-electron chi connectivity index (χ4n) is 2.52. The number of halogens is 1. The maximum atomic E-state index is 12.4. The number of carbonyl (C=O) groups is 2. The molecule has 6 nitrogen and oxygen atoms in total. The van der Waals surface area contributed by atoms with Gasteiger partial charge in [0.25, 0.3) is 11.8 Å². The third kappa shape index (κ3) is 5.82. The molecule has 0 saturated heterocycles. The van der Waals surface area contributed by atoms with Crippen molar-refractivity contribution in [2.24, 2.45) is 0 Å². The van der Waals surface area contributed by atoms with Gasteiger partial charge in [0.1, 0.15) is 5.75 Å². The van der Waals surface area contributed by atoms with Crippen molar-refractivity contribution in [1.29, 1.82) is 0 Å². The Bertz CT molecular complexity index is 931. The monoisotopic (exact) mass is 397 g/mol. The van der Waals surface area contributed by atoms with Crippen molar-refractivity contribution in [3.63, 3.8) is 0 Å². The molecule has 3 aromatic rings. The summed E-state index contributed by atoms with van der Waals surface area (Å²) in [5.41, 5.74) is 1.69. The summed E-state index contributed by atoms with van der Waals surface area (Å²) in [4.78, 5) is 24.6. The first-order chi connectivity index (χ1) is 13.1. The number of hydrogen-bond acceptors (Lipinski definition) is 3. The number of nitrogens with one attached hydrogen (secondary N) is 2. The molecular weight excluding hydrogens is 378 g/mol. The van der Waals surface area contributed by atoms with Crippen LogP contribution in [0.2, 0.25) is 0 Å². The molecule has 1 aromatic heterocycles. The second kappa shape index (κ2) is 10.1. The molecule has 0 saturated carbocycles. The lowest BCUT2D eigenvalue weighted by Gasteiger charge is -2.08. The van der Waals surface area contributed by atoms with Gasteiger partial charge in [-0.3, -0.25) is 9.59 Å². The summed E-state index contributed by atoms with van der Waals surface area (Å²) in [5.74, 6) is 0.293. The molecule has 0 aliphatic heterocycles. The molecule has 2 N–H and O–H groups in total. The van der Waals surface area contributed by atoms with Gasteiger partial charge in [-0.1, -0.05) is 12.1 Å². The molecule has 0 fully saturated rings. The summed E-state index contributed by atoms with van der Waals surface area (Å²) in [7, 11) is 1.59. The lowest BCUT2D eigenvalue weighted by Crippen LogP contribution is -3.00. The zero-order valence-corrected chi connectivity index (χ0v) is 16.0. The molecule has 0 aliphatic rings. The Kier molecular flexibility index (Phi) is 7.54. The molecular formula is C21H20ClN3O3. The Balaban J connectivity index is 0.00000280. The third-order valence-corrected chi connectivity index (χ3v) is 3.86. The van der Waals surface area contributed by atoms with E-state index < -0.39 is 0 Å². The number of pyridine rings is 1. The summed E-state index contributed by atoms with van der Waals surface area (Å²) in [6.45, 7) is 0.198. The van der Waals surface area contributed by atoms with Crippen molar-refractivity contribution in [1.82, 2.24) is 0 Å². The van der Waals surface area contributed by atoms with Crippen LogP contribution in [0.4, 0.5) is 11.4 Å². The molecule has 2 amide bonds. The highest BCUT2D eigenvalue weighted by Gasteiger charge is 2.11. The lowest BCUT2D eigenvalue weighted by molar-refractivity contribution is -0.684. The van der Waals surface area contributed by atoms with Crippen molar-refractivity contribution in [3.8, 4) is 5.75 Å². The topological polar surface area (TPSA) is 71.3 Å². The van der Waals surface area contributed by atoms with Gasteiger partial charge in [-0.15, -0.1) is 0 Å². The Morgan fingerprint density at radius 3 is 2.29 bits per heavy atom. The number of aromatic nitrogens is 1. The van der Waals surface area contributed by atoms with Crippen molar-refractivity contribution in [2.75, 3.05) is 17.7 Å². The van der Waals surface area contributed by atoms with Crippen molar-refractivity contribution in [3.05, 3.63) is 84.7 Å². The second-order valence-corrected chi connectivity index (χ2v) is 5.86. The Labute approximate surface area is 169 Å². The van der Waals surface area contributed by atoms with Crippen LogP contribution in [0.15, 0.2) is 79.1 Å². The standard InChI is InChI=1S/C21H19N3O3.ClH/c1-27-19-10-8-17(9-11-19)23-21(26)16-6-5-7-18(14-16)22-20(25)15-24-12-3-2-4-13-24;/h2-14H,15H2,1H3,(H-,22,23,25,26);1H. The predicted molar refractivity (Wildman–Crippen MR) is 103 cm³/mol. The summed E-state index contributed by atoms with van der Waals surface area (Å²) in [6.07, 6.45) is 3.64. The zero-order valence-electron chi connectivity index (χ0n) is 15.3. The van der Waals surface area contributed by atoms with Crippen molar-refractivity contribution < 1.29 is 31.3 Å². The van der Waals surface area contributed by atoms with Crippen LogP contribution in [0.5, 0.6) is 5.75 Å². The quantitative estimate of drug-likeness (QED) is 0.570. The van der Waals surface area contributed by atoms with E-state index in [1.807, 2.05) is 30.6 Å². The number of ether oxygens (including phenoxy) is 1. The van der Waals surface area contributed by atoms with Gasteiger partial charge < -0.3 is 27.8 Å². The molecule has 0 atom stereocenters. The van der Waals surface area contributed by atoms with Crippen molar-refractivity contribution >= 4 is 23.2 Å². The van der Waals surface area contributed by atoms with Gasteiger partial charge >= 0.3 is 0 Å². The van der Waals surface area contributed by atoms with Crippen LogP contribution in [0, 0.1) is 0 Å². The molecule has 0 spiro atoms. The smallest absolute Gasteiger partial charge is 0.290 e. The van der Waals surface area contributed by atoms with Gasteiger partial charge in [0, 0.05) is 29.1 Å². The third-order valence-electron chi connectivity index (χ3n) is 3.86. The fraction of sp³-hybridized carbons (Fsp3) is 0.0952. The first kappa shape index (κ1) is 20.9. The minimum absolute atomic E-state index is 0. The zero-order chi connectivity index (χ0) is 19.1. The Morgan fingerprint density at radius 1 is 0.893 bits per heavy atom. The fourth-order valence-corrected chi connectivity index (χ4v) is 2.52. The molecule has 0 bridgehead atoms. The Morgan fingerprint density at radius 2 is 1.61 bits per heavy atom. The first-order valence-electron chi connectivity index (χ1n) is 8.43. The van der Waals surface area contributed by atoms with Gasteiger partial charge in [-0.2, -0.15) is 4.57 Å². The highest BCUT2D eigenvalue weighted by atomic mass is 35.5. The molecule has 2 aromatic carbocycles. The number of benzene rings is 2. The number of carbonyl (C=O) groups excluding carboxylic acids is 2. The van der Waals surface area contributed by atoms with E-state index >= 15 is 0 Å². The largest absolute Gasteiger partial charge is 1.00 e. The molecule has 144 valence electrons. The minimum Gasteiger partial charge on any atom is -1.00 e. The van der Waals surface area contributed by atoms with E-state index in [2.05, 4.69) is 10.6 Å². The van der Waals surface area contributed by atoms with Crippen LogP contribution in [0.3, 0.4) is 0 Å². The van der Waals surface area contributed by atoms with E-state index in [9.17, 15) is 9.59 Å². The number of rotatable bonds is 6. The van der Waals surface area contributed by atoms with Crippen LogP contribution < -0.4 is 32.3 Å². The number of methoxy groups -OCH3 is 1. The summed E-state index contributed by atoms with van der Waals surface area (Å²) in [6, 6.07) is 19.5. The van der Waals surface area contributed by atoms with E-state index in [0.29, 0.717) is 22.7 Å². The first-order valence-corrected chi connectivity index (χ1v) is 8.43.